The van der Waals surface area contributed by atoms with E-state index in [4.69, 9.17) is 14.2 Å². The number of carbonyl (C=O) groups is 1. The van der Waals surface area contributed by atoms with Crippen molar-refractivity contribution in [2.75, 3.05) is 18.9 Å². The number of ether oxygens (including phenoxy) is 3. The summed E-state index contributed by atoms with van der Waals surface area (Å²) >= 11 is 0. The smallest absolute Gasteiger partial charge is 0.407 e. The van der Waals surface area contributed by atoms with E-state index in [-0.39, 0.29) is 13.2 Å². The van der Waals surface area contributed by atoms with Crippen molar-refractivity contribution < 1.29 is 32.5 Å². The topological polar surface area (TPSA) is 166 Å². The summed E-state index contributed by atoms with van der Waals surface area (Å²) in [7, 11) is -4.23. The van der Waals surface area contributed by atoms with E-state index >= 15 is 0 Å². The van der Waals surface area contributed by atoms with Crippen LogP contribution in [0.15, 0.2) is 113 Å². The van der Waals surface area contributed by atoms with Crippen molar-refractivity contribution in [1.29, 1.82) is 0 Å². The van der Waals surface area contributed by atoms with Crippen LogP contribution in [0.5, 0.6) is 0 Å². The molecule has 0 unspecified atom stereocenters. The van der Waals surface area contributed by atoms with Crippen molar-refractivity contribution in [2.24, 2.45) is 0 Å². The molecule has 1 amide bonds. The van der Waals surface area contributed by atoms with E-state index in [1.807, 2.05) is 91.0 Å². The summed E-state index contributed by atoms with van der Waals surface area (Å²) in [6, 6.07) is 29.4. The predicted molar refractivity (Wildman–Crippen MR) is 178 cm³/mol. The number of alkyl carbamates (subject to hydrolysis) is 1. The van der Waals surface area contributed by atoms with E-state index in [0.717, 1.165) is 33.5 Å². The van der Waals surface area contributed by atoms with Gasteiger partial charge in [0.05, 0.1) is 12.4 Å². The van der Waals surface area contributed by atoms with Crippen LogP contribution in [-0.4, -0.2) is 71.1 Å². The number of nitrogens with one attached hydrogen (secondary N) is 2. The van der Waals surface area contributed by atoms with Gasteiger partial charge in [-0.15, -0.1) is 0 Å². The third-order valence-electron chi connectivity index (χ3n) is 7.91. The molecule has 13 heteroatoms. The Bertz CT molecular complexity index is 1810. The molecule has 1 aromatic heterocycles. The van der Waals surface area contributed by atoms with E-state index < -0.39 is 67.8 Å². The molecule has 4 atom stereocenters. The van der Waals surface area contributed by atoms with Gasteiger partial charge in [-0.25, -0.2) is 18.0 Å². The number of aliphatic hydroxyl groups excluding tert-OH is 1. The molecular weight excluding hydrogens is 638 g/mol. The van der Waals surface area contributed by atoms with Gasteiger partial charge in [0.25, 0.3) is 5.56 Å². The van der Waals surface area contributed by atoms with E-state index in [1.54, 1.807) is 20.8 Å². The second kappa shape index (κ2) is 14.3. The van der Waals surface area contributed by atoms with E-state index in [9.17, 15) is 27.9 Å². The molecule has 254 valence electrons. The van der Waals surface area contributed by atoms with Crippen molar-refractivity contribution >= 4 is 15.9 Å². The fourth-order valence-corrected chi connectivity index (χ4v) is 7.70. The zero-order chi connectivity index (χ0) is 34.5. The monoisotopic (exact) mass is 677 g/mol. The van der Waals surface area contributed by atoms with Crippen LogP contribution in [0.3, 0.4) is 0 Å². The molecule has 48 heavy (non-hydrogen) atoms. The number of amides is 1. The fourth-order valence-electron chi connectivity index (χ4n) is 5.88. The molecule has 5 rings (SSSR count). The van der Waals surface area contributed by atoms with Gasteiger partial charge in [-0.2, -0.15) is 0 Å². The van der Waals surface area contributed by atoms with Gasteiger partial charge >= 0.3 is 11.8 Å². The minimum absolute atomic E-state index is 0.306. The first kappa shape index (κ1) is 34.8. The first-order chi connectivity index (χ1) is 22.8. The molecule has 1 saturated heterocycles. The summed E-state index contributed by atoms with van der Waals surface area (Å²) in [5.41, 5.74) is -1.30. The second-order valence-electron chi connectivity index (χ2n) is 12.4. The van der Waals surface area contributed by atoms with Gasteiger partial charge in [-0.3, -0.25) is 14.3 Å². The van der Waals surface area contributed by atoms with Crippen LogP contribution in [0.4, 0.5) is 4.79 Å². The van der Waals surface area contributed by atoms with Gasteiger partial charge < -0.3 is 24.6 Å². The summed E-state index contributed by atoms with van der Waals surface area (Å²) in [5, 5.41) is 12.4. The number of aliphatic hydroxyl groups is 1. The minimum atomic E-state index is -4.23. The summed E-state index contributed by atoms with van der Waals surface area (Å²) in [5.74, 6) is -0.567. The summed E-state index contributed by atoms with van der Waals surface area (Å²) < 4.78 is 47.0. The van der Waals surface area contributed by atoms with Crippen molar-refractivity contribution in [3.8, 4) is 0 Å². The number of carbonyl (C=O) groups excluding carboxylic acids is 1. The third kappa shape index (κ3) is 7.60. The van der Waals surface area contributed by atoms with Gasteiger partial charge in [-0.1, -0.05) is 91.0 Å². The Morgan fingerprint density at radius 2 is 1.42 bits per heavy atom. The van der Waals surface area contributed by atoms with Gasteiger partial charge in [0.2, 0.25) is 0 Å². The molecule has 0 aliphatic carbocycles. The highest BCUT2D eigenvalue weighted by Crippen LogP contribution is 2.42. The van der Waals surface area contributed by atoms with Crippen LogP contribution in [0.2, 0.25) is 0 Å². The number of nitrogens with zero attached hydrogens (tertiary/aromatic N) is 1. The second-order valence-corrected chi connectivity index (χ2v) is 14.7. The molecule has 0 bridgehead atoms. The van der Waals surface area contributed by atoms with E-state index in [0.29, 0.717) is 0 Å². The summed E-state index contributed by atoms with van der Waals surface area (Å²) in [6.45, 7) is 4.39. The number of aromatic nitrogens is 2. The number of hydrogen-bond acceptors (Lipinski definition) is 9. The van der Waals surface area contributed by atoms with Crippen LogP contribution >= 0.6 is 0 Å². The van der Waals surface area contributed by atoms with Gasteiger partial charge in [0.15, 0.2) is 16.1 Å². The number of hydrogen-bond donors (Lipinski definition) is 3. The first-order valence-corrected chi connectivity index (χ1v) is 17.2. The normalized spacial score (nSPS) is 19.9. The summed E-state index contributed by atoms with van der Waals surface area (Å²) in [6.07, 6.45) is -4.16. The number of sulfone groups is 1. The van der Waals surface area contributed by atoms with Crippen LogP contribution < -0.4 is 16.6 Å². The molecular formula is C35H39N3O9S. The lowest BCUT2D eigenvalue weighted by Gasteiger charge is -2.37. The largest absolute Gasteiger partial charge is 0.444 e. The van der Waals surface area contributed by atoms with Crippen molar-refractivity contribution in [1.82, 2.24) is 14.9 Å². The highest BCUT2D eigenvalue weighted by Gasteiger charge is 2.52. The number of H-pyrrole nitrogens is 1. The lowest BCUT2D eigenvalue weighted by Crippen LogP contribution is -2.46. The third-order valence-corrected chi connectivity index (χ3v) is 10.1. The van der Waals surface area contributed by atoms with Crippen LogP contribution in [0.1, 0.15) is 43.7 Å². The molecule has 3 N–H and O–H groups in total. The molecule has 2 heterocycles. The Labute approximate surface area is 278 Å². The zero-order valence-corrected chi connectivity index (χ0v) is 27.6. The average Bonchev–Trinajstić information content (AvgIpc) is 3.38. The highest BCUT2D eigenvalue weighted by atomic mass is 32.2. The number of aromatic amines is 1. The molecule has 0 spiro atoms. The van der Waals surface area contributed by atoms with Crippen molar-refractivity contribution in [2.45, 2.75) is 55.7 Å². The van der Waals surface area contributed by atoms with Crippen molar-refractivity contribution in [3.05, 3.63) is 141 Å². The molecule has 1 aliphatic heterocycles. The zero-order valence-electron chi connectivity index (χ0n) is 26.8. The predicted octanol–water partition coefficient (Wildman–Crippen LogP) is 3.11. The standard InChI is InChI=1S/C35H39N3O9S/c1-34(2,3)47-33(42)36-20-22-48(43,44)30-27(46-31(29(30)40)38-21-19-28(39)37-32(38)41)23-45-35(24-13-7-4-8-14-24,25-15-9-5-10-16-25)26-17-11-6-12-18-26/h4-19,21,27,29-31,40H,20,22-23H2,1-3H3,(H,36,42)(H,37,39,41)/t27-,29+,30-,31-/m1/s1. The molecule has 3 aromatic carbocycles. The molecule has 1 aliphatic rings. The Hall–Kier alpha value is -4.56. The number of rotatable bonds is 11. The highest BCUT2D eigenvalue weighted by molar-refractivity contribution is 7.92. The van der Waals surface area contributed by atoms with Gasteiger partial charge in [0, 0.05) is 18.8 Å². The number of benzene rings is 3. The van der Waals surface area contributed by atoms with Crippen LogP contribution in [0.25, 0.3) is 0 Å². The molecule has 0 radical (unpaired) electrons. The fraction of sp³-hybridized carbons (Fsp3) is 0.343. The first-order valence-electron chi connectivity index (χ1n) is 15.5. The van der Waals surface area contributed by atoms with Gasteiger partial charge in [0.1, 0.15) is 28.7 Å². The molecule has 0 saturated carbocycles. The Morgan fingerprint density at radius 3 is 1.90 bits per heavy atom. The lowest BCUT2D eigenvalue weighted by atomic mass is 9.80. The lowest BCUT2D eigenvalue weighted by molar-refractivity contribution is -0.0873. The Balaban J connectivity index is 1.53. The van der Waals surface area contributed by atoms with Crippen LogP contribution in [0, 0.1) is 0 Å². The Morgan fingerprint density at radius 1 is 0.896 bits per heavy atom. The Kier molecular flexibility index (Phi) is 10.3. The van der Waals surface area contributed by atoms with Crippen LogP contribution in [-0.2, 0) is 29.6 Å². The molecule has 1 fully saturated rings. The SMILES string of the molecule is CC(C)(C)OC(=O)NCCS(=O)(=O)[C@H]1[C@H](O)[C@H](n2ccc(=O)[nH]c2=O)O[C@@H]1COC(c1ccccc1)(c1ccccc1)c1ccccc1. The molecule has 12 nitrogen and oxygen atoms in total. The quantitative estimate of drug-likeness (QED) is 0.202. The van der Waals surface area contributed by atoms with Gasteiger partial charge in [-0.05, 0) is 37.5 Å². The maximum absolute atomic E-state index is 13.9. The summed E-state index contributed by atoms with van der Waals surface area (Å²) in [4.78, 5) is 38.8. The average molecular weight is 678 g/mol. The minimum Gasteiger partial charge on any atom is -0.444 e. The molecule has 4 aromatic rings. The maximum atomic E-state index is 13.9. The van der Waals surface area contributed by atoms with Crippen molar-refractivity contribution in [3.63, 3.8) is 0 Å². The van der Waals surface area contributed by atoms with E-state index in [2.05, 4.69) is 10.3 Å². The van der Waals surface area contributed by atoms with E-state index in [1.165, 1.54) is 0 Å². The maximum Gasteiger partial charge on any atom is 0.407 e.